The summed E-state index contributed by atoms with van der Waals surface area (Å²) < 4.78 is 0. The second-order valence-electron chi connectivity index (χ2n) is 8.83. The van der Waals surface area contributed by atoms with Gasteiger partial charge in [0.25, 0.3) is 5.91 Å². The highest BCUT2D eigenvalue weighted by Crippen LogP contribution is 2.40. The molecule has 1 fully saturated rings. The number of halogens is 1. The molecule has 1 N–H and O–H groups in total. The Hall–Kier alpha value is -2.39. The van der Waals surface area contributed by atoms with E-state index in [1.807, 2.05) is 18.2 Å². The topological polar surface area (TPSA) is 42.0 Å². The highest BCUT2D eigenvalue weighted by molar-refractivity contribution is 6.36. The van der Waals surface area contributed by atoms with E-state index < -0.39 is 0 Å². The van der Waals surface area contributed by atoms with Crippen LogP contribution in [0.3, 0.4) is 0 Å². The van der Waals surface area contributed by atoms with Crippen LogP contribution in [0.5, 0.6) is 0 Å². The predicted octanol–water partition coefficient (Wildman–Crippen LogP) is 6.01. The fourth-order valence-corrected chi connectivity index (χ4v) is 5.63. The van der Waals surface area contributed by atoms with Crippen LogP contribution in [0, 0.1) is 0 Å². The molecule has 5 rings (SSSR count). The molecule has 1 heterocycles. The number of carbonyl (C=O) groups is 1. The molecular weight excluding hydrogens is 392 g/mol. The third-order valence-corrected chi connectivity index (χ3v) is 7.42. The second-order valence-corrected chi connectivity index (χ2v) is 9.20. The zero-order valence-electron chi connectivity index (χ0n) is 17.2. The minimum absolute atomic E-state index is 0.0326. The third-order valence-electron chi connectivity index (χ3n) is 6.99. The molecule has 154 valence electrons. The summed E-state index contributed by atoms with van der Waals surface area (Å²) in [5, 5.41) is 4.99. The summed E-state index contributed by atoms with van der Waals surface area (Å²) in [6.07, 6.45) is 8.98. The number of fused-ring (bicyclic) bond motifs is 2. The zero-order valence-corrected chi connectivity index (χ0v) is 18.0. The van der Waals surface area contributed by atoms with E-state index in [0.29, 0.717) is 12.1 Å². The summed E-state index contributed by atoms with van der Waals surface area (Å²) in [5.41, 5.74) is 5.16. The highest BCUT2D eigenvalue weighted by Gasteiger charge is 2.35. The van der Waals surface area contributed by atoms with Crippen molar-refractivity contribution >= 4 is 28.4 Å². The molecule has 1 aromatic heterocycles. The van der Waals surface area contributed by atoms with Crippen LogP contribution >= 0.6 is 11.6 Å². The van der Waals surface area contributed by atoms with Gasteiger partial charge < -0.3 is 5.32 Å². The van der Waals surface area contributed by atoms with Crippen molar-refractivity contribution < 1.29 is 4.79 Å². The number of amides is 1. The van der Waals surface area contributed by atoms with Gasteiger partial charge in [-0.05, 0) is 61.8 Å². The van der Waals surface area contributed by atoms with Crippen molar-refractivity contribution in [2.45, 2.75) is 56.8 Å². The third kappa shape index (κ3) is 3.50. The minimum atomic E-state index is -0.0326. The van der Waals surface area contributed by atoms with Crippen LogP contribution in [0.2, 0.25) is 5.02 Å². The Morgan fingerprint density at radius 3 is 2.57 bits per heavy atom. The van der Waals surface area contributed by atoms with Crippen LogP contribution in [0.25, 0.3) is 10.9 Å². The summed E-state index contributed by atoms with van der Waals surface area (Å²) >= 11 is 6.68. The summed E-state index contributed by atoms with van der Waals surface area (Å²) in [5.74, 6) is -0.0326. The van der Waals surface area contributed by atoms with Gasteiger partial charge in [-0.2, -0.15) is 0 Å². The molecule has 1 saturated carbocycles. The van der Waals surface area contributed by atoms with Crippen molar-refractivity contribution in [3.8, 4) is 0 Å². The van der Waals surface area contributed by atoms with Gasteiger partial charge in [0.05, 0.1) is 10.5 Å². The van der Waals surface area contributed by atoms with Gasteiger partial charge in [0.15, 0.2) is 0 Å². The lowest BCUT2D eigenvalue weighted by Gasteiger charge is -2.30. The average molecular weight is 419 g/mol. The lowest BCUT2D eigenvalue weighted by Crippen LogP contribution is -2.39. The number of aryl methyl sites for hydroxylation is 1. The number of pyridine rings is 1. The average Bonchev–Trinajstić information content (AvgIpc) is 3.28. The van der Waals surface area contributed by atoms with E-state index in [0.717, 1.165) is 53.7 Å². The number of rotatable bonds is 4. The van der Waals surface area contributed by atoms with E-state index >= 15 is 0 Å². The first-order valence-corrected chi connectivity index (χ1v) is 11.5. The first kappa shape index (κ1) is 19.6. The van der Waals surface area contributed by atoms with Crippen LogP contribution < -0.4 is 5.32 Å². The van der Waals surface area contributed by atoms with E-state index in [9.17, 15) is 4.79 Å². The molecule has 2 aromatic carbocycles. The molecule has 0 aliphatic heterocycles. The number of hydrogen-bond acceptors (Lipinski definition) is 2. The Morgan fingerprint density at radius 2 is 1.77 bits per heavy atom. The normalized spacial score (nSPS) is 17.6. The number of nitrogens with one attached hydrogen (secondary N) is 1. The van der Waals surface area contributed by atoms with E-state index in [-0.39, 0.29) is 11.3 Å². The molecule has 2 aliphatic rings. The van der Waals surface area contributed by atoms with Crippen molar-refractivity contribution in [3.63, 3.8) is 0 Å². The lowest BCUT2D eigenvalue weighted by molar-refractivity contribution is 0.0943. The Labute approximate surface area is 182 Å². The van der Waals surface area contributed by atoms with Crippen LogP contribution in [0.4, 0.5) is 0 Å². The monoisotopic (exact) mass is 418 g/mol. The van der Waals surface area contributed by atoms with Gasteiger partial charge in [-0.1, -0.05) is 60.8 Å². The molecule has 0 radical (unpaired) electrons. The minimum Gasteiger partial charge on any atom is -0.351 e. The SMILES string of the molecule is O=C(NCC1(c2ccccc2)CCCC1)c1ccc2c(Cl)c3c(nc2c1)CCCC3. The molecule has 0 unspecified atom stereocenters. The fourth-order valence-electron chi connectivity index (χ4n) is 5.27. The van der Waals surface area contributed by atoms with E-state index in [1.54, 1.807) is 0 Å². The Bertz CT molecular complexity index is 1090. The second kappa shape index (κ2) is 8.03. The molecule has 3 aromatic rings. The van der Waals surface area contributed by atoms with Gasteiger partial charge in [0.1, 0.15) is 0 Å². The van der Waals surface area contributed by atoms with Gasteiger partial charge >= 0.3 is 0 Å². The summed E-state index contributed by atoms with van der Waals surface area (Å²) in [6, 6.07) is 16.4. The van der Waals surface area contributed by atoms with Crippen molar-refractivity contribution in [2.75, 3.05) is 6.54 Å². The summed E-state index contributed by atoms with van der Waals surface area (Å²) in [6.45, 7) is 0.673. The molecular formula is C26H27ClN2O. The Morgan fingerprint density at radius 1 is 1.00 bits per heavy atom. The van der Waals surface area contributed by atoms with Crippen LogP contribution in [-0.2, 0) is 18.3 Å². The van der Waals surface area contributed by atoms with Crippen LogP contribution in [0.15, 0.2) is 48.5 Å². The smallest absolute Gasteiger partial charge is 0.251 e. The quantitative estimate of drug-likeness (QED) is 0.563. The molecule has 30 heavy (non-hydrogen) atoms. The Balaban J connectivity index is 1.39. The van der Waals surface area contributed by atoms with E-state index in [4.69, 9.17) is 16.6 Å². The molecule has 0 bridgehead atoms. The standard InChI is InChI=1S/C26H27ClN2O/c27-24-20-10-4-5-11-22(20)29-23-16-18(12-13-21(23)24)25(30)28-17-26(14-6-7-15-26)19-8-2-1-3-9-19/h1-3,8-9,12-13,16H,4-7,10-11,14-15,17H2,(H,28,30). The molecule has 1 amide bonds. The van der Waals surface area contributed by atoms with Crippen molar-refractivity contribution in [1.82, 2.24) is 10.3 Å². The van der Waals surface area contributed by atoms with Gasteiger partial charge in [0.2, 0.25) is 0 Å². The van der Waals surface area contributed by atoms with Gasteiger partial charge in [-0.3, -0.25) is 9.78 Å². The molecule has 2 aliphatic carbocycles. The molecule has 0 atom stereocenters. The maximum absolute atomic E-state index is 13.0. The maximum atomic E-state index is 13.0. The molecule has 0 saturated heterocycles. The number of benzene rings is 2. The lowest BCUT2D eigenvalue weighted by atomic mass is 9.79. The Kier molecular flexibility index (Phi) is 5.24. The number of nitrogens with zero attached hydrogens (tertiary/aromatic N) is 1. The van der Waals surface area contributed by atoms with E-state index in [2.05, 4.69) is 35.6 Å². The first-order valence-electron chi connectivity index (χ1n) is 11.1. The highest BCUT2D eigenvalue weighted by atomic mass is 35.5. The predicted molar refractivity (Wildman–Crippen MR) is 122 cm³/mol. The zero-order chi connectivity index (χ0) is 20.6. The number of hydrogen-bond donors (Lipinski definition) is 1. The van der Waals surface area contributed by atoms with Crippen LogP contribution in [-0.4, -0.2) is 17.4 Å². The molecule has 4 heteroatoms. The van der Waals surface area contributed by atoms with Crippen molar-refractivity contribution in [1.29, 1.82) is 0 Å². The van der Waals surface area contributed by atoms with Crippen molar-refractivity contribution in [2.24, 2.45) is 0 Å². The largest absolute Gasteiger partial charge is 0.351 e. The van der Waals surface area contributed by atoms with Gasteiger partial charge in [0, 0.05) is 28.6 Å². The summed E-state index contributed by atoms with van der Waals surface area (Å²) in [4.78, 5) is 17.9. The molecule has 0 spiro atoms. The summed E-state index contributed by atoms with van der Waals surface area (Å²) in [7, 11) is 0. The first-order chi connectivity index (χ1) is 14.7. The number of aromatic nitrogens is 1. The fraction of sp³-hybridized carbons (Fsp3) is 0.385. The van der Waals surface area contributed by atoms with Crippen molar-refractivity contribution in [3.05, 3.63) is 75.9 Å². The van der Waals surface area contributed by atoms with Gasteiger partial charge in [-0.25, -0.2) is 0 Å². The van der Waals surface area contributed by atoms with E-state index in [1.165, 1.54) is 30.4 Å². The number of carbonyl (C=O) groups excluding carboxylic acids is 1. The molecule has 3 nitrogen and oxygen atoms in total. The van der Waals surface area contributed by atoms with Gasteiger partial charge in [-0.15, -0.1) is 0 Å². The maximum Gasteiger partial charge on any atom is 0.251 e. The van der Waals surface area contributed by atoms with Crippen LogP contribution in [0.1, 0.15) is 65.7 Å².